The van der Waals surface area contributed by atoms with Gasteiger partial charge in [-0.15, -0.1) is 0 Å². The zero-order valence-corrected chi connectivity index (χ0v) is 21.5. The number of benzene rings is 4. The zero-order chi connectivity index (χ0) is 26.9. The van der Waals surface area contributed by atoms with Gasteiger partial charge in [0.25, 0.3) is 5.91 Å². The molecule has 6 nitrogen and oxygen atoms in total. The summed E-state index contributed by atoms with van der Waals surface area (Å²) in [5.41, 5.74) is 5.18. The molecule has 1 atom stereocenters. The van der Waals surface area contributed by atoms with Crippen LogP contribution in [0, 0.1) is 22.7 Å². The number of ether oxygens (including phenoxy) is 1. The number of fused-ring (bicyclic) bond motifs is 2. The number of nitriles is 2. The molecule has 1 amide bonds. The average molecular weight is 500 g/mol. The van der Waals surface area contributed by atoms with Crippen molar-refractivity contribution in [2.75, 3.05) is 4.90 Å². The number of anilines is 1. The smallest absolute Gasteiger partial charge is 0.261 e. The Hall–Kier alpha value is -4.65. The lowest BCUT2D eigenvalue weighted by Crippen LogP contribution is -2.40. The molecule has 1 unspecified atom stereocenters. The summed E-state index contributed by atoms with van der Waals surface area (Å²) in [6.45, 7) is 8.22. The molecule has 0 fully saturated rings. The molecule has 4 aromatic rings. The lowest BCUT2D eigenvalue weighted by molar-refractivity contribution is 0.0877. The van der Waals surface area contributed by atoms with Crippen molar-refractivity contribution in [2.24, 2.45) is 0 Å². The van der Waals surface area contributed by atoms with Crippen LogP contribution in [0.25, 0.3) is 21.9 Å². The number of carbonyl (C=O) groups is 1. The summed E-state index contributed by atoms with van der Waals surface area (Å²) in [5.74, 6) is 0.631. The van der Waals surface area contributed by atoms with E-state index in [1.807, 2.05) is 36.4 Å². The monoisotopic (exact) mass is 499 g/mol. The van der Waals surface area contributed by atoms with Gasteiger partial charge < -0.3 is 9.84 Å². The Labute approximate surface area is 220 Å². The van der Waals surface area contributed by atoms with Gasteiger partial charge in [-0.05, 0) is 41.2 Å². The van der Waals surface area contributed by atoms with Gasteiger partial charge in [0.05, 0.1) is 22.9 Å². The second-order valence-corrected chi connectivity index (χ2v) is 10.4. The molecule has 0 aliphatic carbocycles. The predicted octanol–water partition coefficient (Wildman–Crippen LogP) is 7.25. The third-order valence-electron chi connectivity index (χ3n) is 7.55. The molecule has 2 aliphatic heterocycles. The number of hydrogen-bond acceptors (Lipinski definition) is 5. The minimum Gasteiger partial charge on any atom is -0.455 e. The van der Waals surface area contributed by atoms with Crippen LogP contribution in [0.2, 0.25) is 0 Å². The third-order valence-corrected chi connectivity index (χ3v) is 7.55. The van der Waals surface area contributed by atoms with Gasteiger partial charge in [-0.1, -0.05) is 64.1 Å². The minimum absolute atomic E-state index is 0.0923. The Morgan fingerprint density at radius 3 is 2.16 bits per heavy atom. The molecule has 0 saturated carbocycles. The molecule has 0 radical (unpaired) electrons. The van der Waals surface area contributed by atoms with Crippen molar-refractivity contribution in [3.63, 3.8) is 0 Å². The summed E-state index contributed by atoms with van der Waals surface area (Å²) in [5, 5.41) is 33.2. The van der Waals surface area contributed by atoms with E-state index in [4.69, 9.17) is 4.74 Å². The summed E-state index contributed by atoms with van der Waals surface area (Å²) in [6, 6.07) is 21.0. The van der Waals surface area contributed by atoms with Gasteiger partial charge in [0.2, 0.25) is 0 Å². The van der Waals surface area contributed by atoms with Crippen molar-refractivity contribution in [1.29, 1.82) is 10.5 Å². The van der Waals surface area contributed by atoms with E-state index in [1.165, 1.54) is 4.90 Å². The summed E-state index contributed by atoms with van der Waals surface area (Å²) in [6.07, 6.45) is -1.33. The Morgan fingerprint density at radius 1 is 0.868 bits per heavy atom. The van der Waals surface area contributed by atoms with Crippen molar-refractivity contribution in [1.82, 2.24) is 0 Å². The maximum Gasteiger partial charge on any atom is 0.261 e. The maximum atomic E-state index is 14.3. The van der Waals surface area contributed by atoms with Crippen LogP contribution >= 0.6 is 0 Å². The first-order valence-electron chi connectivity index (χ1n) is 12.7. The van der Waals surface area contributed by atoms with Crippen LogP contribution in [0.4, 0.5) is 5.69 Å². The number of aliphatic hydroxyl groups is 1. The van der Waals surface area contributed by atoms with E-state index in [0.29, 0.717) is 55.8 Å². The molecular formula is C32H25N3O3. The quantitative estimate of drug-likeness (QED) is 0.282. The van der Waals surface area contributed by atoms with Gasteiger partial charge in [-0.25, -0.2) is 0 Å². The molecule has 0 aromatic heterocycles. The summed E-state index contributed by atoms with van der Waals surface area (Å²) >= 11 is 0. The van der Waals surface area contributed by atoms with Crippen LogP contribution in [-0.2, 0) is 0 Å². The molecule has 0 saturated heterocycles. The fourth-order valence-corrected chi connectivity index (χ4v) is 5.83. The van der Waals surface area contributed by atoms with Crippen LogP contribution in [0.3, 0.4) is 0 Å². The van der Waals surface area contributed by atoms with Crippen molar-refractivity contribution in [3.8, 4) is 34.8 Å². The number of hydrogen-bond donors (Lipinski definition) is 1. The summed E-state index contributed by atoms with van der Waals surface area (Å²) in [7, 11) is 0. The highest BCUT2D eigenvalue weighted by Gasteiger charge is 2.40. The van der Waals surface area contributed by atoms with E-state index in [-0.39, 0.29) is 17.4 Å². The highest BCUT2D eigenvalue weighted by molar-refractivity contribution is 6.23. The second-order valence-electron chi connectivity index (χ2n) is 10.4. The Balaban J connectivity index is 1.73. The van der Waals surface area contributed by atoms with Gasteiger partial charge in [0.15, 0.2) is 12.0 Å². The lowest BCUT2D eigenvalue weighted by atomic mass is 9.82. The van der Waals surface area contributed by atoms with Crippen molar-refractivity contribution >= 4 is 22.4 Å². The fraction of sp³-hybridized carbons (Fsp3) is 0.219. The normalized spacial score (nSPS) is 15.3. The first kappa shape index (κ1) is 23.7. The van der Waals surface area contributed by atoms with Crippen molar-refractivity contribution < 1.29 is 14.6 Å². The van der Waals surface area contributed by atoms with E-state index in [0.717, 1.165) is 11.1 Å². The number of nitrogens with zero attached hydrogens (tertiary/aromatic N) is 3. The predicted molar refractivity (Wildman–Crippen MR) is 145 cm³/mol. The summed E-state index contributed by atoms with van der Waals surface area (Å²) in [4.78, 5) is 15.7. The SMILES string of the molecule is CC(C)c1cccc(C(C)C)c1N1C(=O)c2cc(C#N)c3c4c(c(C#N)cc(c24)C1O)Oc1ccccc1-3. The fourth-order valence-electron chi connectivity index (χ4n) is 5.83. The molecule has 2 heterocycles. The molecule has 38 heavy (non-hydrogen) atoms. The molecule has 1 N–H and O–H groups in total. The zero-order valence-electron chi connectivity index (χ0n) is 21.5. The molecule has 6 heteroatoms. The molecule has 6 rings (SSSR count). The highest BCUT2D eigenvalue weighted by atomic mass is 16.5. The molecule has 0 bridgehead atoms. The molecule has 2 aliphatic rings. The highest BCUT2D eigenvalue weighted by Crippen LogP contribution is 2.54. The average Bonchev–Trinajstić information content (AvgIpc) is 2.92. The number of aliphatic hydroxyl groups excluding tert-OH is 1. The summed E-state index contributed by atoms with van der Waals surface area (Å²) < 4.78 is 6.19. The topological polar surface area (TPSA) is 97.4 Å². The number of rotatable bonds is 3. The van der Waals surface area contributed by atoms with Crippen LogP contribution in [0.1, 0.15) is 83.9 Å². The Morgan fingerprint density at radius 2 is 1.53 bits per heavy atom. The third kappa shape index (κ3) is 3.11. The van der Waals surface area contributed by atoms with Crippen LogP contribution in [0.5, 0.6) is 11.5 Å². The van der Waals surface area contributed by atoms with Gasteiger partial charge in [-0.2, -0.15) is 10.5 Å². The second kappa shape index (κ2) is 8.45. The van der Waals surface area contributed by atoms with E-state index >= 15 is 0 Å². The van der Waals surface area contributed by atoms with E-state index in [9.17, 15) is 20.4 Å². The lowest BCUT2D eigenvalue weighted by Gasteiger charge is -2.38. The first-order valence-corrected chi connectivity index (χ1v) is 12.7. The number of amides is 1. The van der Waals surface area contributed by atoms with Gasteiger partial charge in [-0.3, -0.25) is 9.69 Å². The Bertz CT molecular complexity index is 1750. The van der Waals surface area contributed by atoms with Crippen LogP contribution < -0.4 is 9.64 Å². The van der Waals surface area contributed by atoms with Crippen molar-refractivity contribution in [2.45, 2.75) is 45.8 Å². The molecule has 4 aromatic carbocycles. The first-order chi connectivity index (χ1) is 18.3. The van der Waals surface area contributed by atoms with Crippen molar-refractivity contribution in [3.05, 3.63) is 88.0 Å². The molecular weight excluding hydrogens is 474 g/mol. The van der Waals surface area contributed by atoms with Gasteiger partial charge in [0.1, 0.15) is 11.8 Å². The number of carbonyl (C=O) groups excluding carboxylic acids is 1. The molecule has 186 valence electrons. The number of para-hydroxylation sites is 2. The molecule has 0 spiro atoms. The maximum absolute atomic E-state index is 14.3. The largest absolute Gasteiger partial charge is 0.455 e. The van der Waals surface area contributed by atoms with Gasteiger partial charge >= 0.3 is 0 Å². The van der Waals surface area contributed by atoms with Crippen LogP contribution in [-0.4, -0.2) is 11.0 Å². The Kier molecular flexibility index (Phi) is 5.28. The van der Waals surface area contributed by atoms with E-state index in [1.54, 1.807) is 18.2 Å². The van der Waals surface area contributed by atoms with E-state index < -0.39 is 12.1 Å². The van der Waals surface area contributed by atoms with Crippen LogP contribution in [0.15, 0.2) is 54.6 Å². The van der Waals surface area contributed by atoms with E-state index in [2.05, 4.69) is 39.8 Å². The standard InChI is InChI=1S/C32H25N3O3/c1-16(2)20-9-7-10-21(17(3)4)29(20)35-31(36)23-12-18(14-33)26-22-8-5-6-11-25(22)38-30-19(15-34)13-24(32(35)37)27(23)28(26)30/h5-13,16-17,32,37H,1-4H3. The van der Waals surface area contributed by atoms with Gasteiger partial charge in [0, 0.05) is 33.0 Å². The minimum atomic E-state index is -1.33.